The van der Waals surface area contributed by atoms with E-state index in [2.05, 4.69) is 41.4 Å². The molecule has 3 aromatic rings. The molecule has 1 atom stereocenters. The minimum absolute atomic E-state index is 0.360. The molecule has 4 rings (SSSR count). The number of aromatic nitrogens is 4. The molecular formula is C18H19N5O2S. The summed E-state index contributed by atoms with van der Waals surface area (Å²) in [5, 5.41) is 20.8. The number of rotatable bonds is 4. The van der Waals surface area contributed by atoms with Crippen molar-refractivity contribution in [3.63, 3.8) is 0 Å². The van der Waals surface area contributed by atoms with Gasteiger partial charge in [-0.3, -0.25) is 9.69 Å². The number of hydrogen-bond acceptors (Lipinski definition) is 6. The maximum absolute atomic E-state index is 11.7. The summed E-state index contributed by atoms with van der Waals surface area (Å²) in [6.07, 6.45) is 0. The van der Waals surface area contributed by atoms with Gasteiger partial charge in [-0.25, -0.2) is 4.98 Å². The van der Waals surface area contributed by atoms with Crippen molar-refractivity contribution < 1.29 is 9.90 Å². The summed E-state index contributed by atoms with van der Waals surface area (Å²) >= 11 is 1.58. The SMILES string of the molecule is Cc1ccc(-c2nc(CN3Cc4nnc(C)n4CC3C(=O)O)cs2)cc1. The molecule has 0 spiro atoms. The number of carboxylic acids is 1. The molecule has 2 aromatic heterocycles. The van der Waals surface area contributed by atoms with Crippen LogP contribution >= 0.6 is 11.3 Å². The lowest BCUT2D eigenvalue weighted by Gasteiger charge is -2.32. The first-order valence-corrected chi connectivity index (χ1v) is 9.26. The van der Waals surface area contributed by atoms with E-state index in [0.717, 1.165) is 27.9 Å². The van der Waals surface area contributed by atoms with Crippen LogP contribution in [0.15, 0.2) is 29.6 Å². The summed E-state index contributed by atoms with van der Waals surface area (Å²) in [5.74, 6) is 0.716. The number of thiazole rings is 1. The van der Waals surface area contributed by atoms with Crippen LogP contribution in [0.5, 0.6) is 0 Å². The lowest BCUT2D eigenvalue weighted by molar-refractivity contribution is -0.145. The largest absolute Gasteiger partial charge is 0.480 e. The molecule has 3 heterocycles. The summed E-state index contributed by atoms with van der Waals surface area (Å²) < 4.78 is 1.88. The highest BCUT2D eigenvalue weighted by atomic mass is 32.1. The van der Waals surface area contributed by atoms with Crippen LogP contribution < -0.4 is 0 Å². The number of carbonyl (C=O) groups is 1. The van der Waals surface area contributed by atoms with Crippen LogP contribution in [0, 0.1) is 13.8 Å². The maximum atomic E-state index is 11.7. The van der Waals surface area contributed by atoms with E-state index >= 15 is 0 Å². The van der Waals surface area contributed by atoms with Crippen LogP contribution in [0.25, 0.3) is 10.6 Å². The minimum atomic E-state index is -0.835. The minimum Gasteiger partial charge on any atom is -0.480 e. The quantitative estimate of drug-likeness (QED) is 0.761. The van der Waals surface area contributed by atoms with E-state index in [1.54, 1.807) is 11.3 Å². The third-order valence-corrected chi connectivity index (χ3v) is 5.59. The van der Waals surface area contributed by atoms with Crippen molar-refractivity contribution in [2.24, 2.45) is 0 Å². The van der Waals surface area contributed by atoms with Gasteiger partial charge in [0.1, 0.15) is 22.7 Å². The van der Waals surface area contributed by atoms with Crippen LogP contribution in [0.4, 0.5) is 0 Å². The maximum Gasteiger partial charge on any atom is 0.322 e. The Morgan fingerprint density at radius 2 is 2.04 bits per heavy atom. The standard InChI is InChI=1S/C18H19N5O2S/c1-11-3-5-13(6-4-11)17-19-14(10-26-17)7-22-9-16-21-20-12(2)23(16)8-15(22)18(24)25/h3-6,10,15H,7-9H2,1-2H3,(H,24,25). The van der Waals surface area contributed by atoms with Gasteiger partial charge >= 0.3 is 5.97 Å². The molecule has 1 unspecified atom stereocenters. The summed E-state index contributed by atoms with van der Waals surface area (Å²) in [6.45, 7) is 5.19. The third kappa shape index (κ3) is 3.13. The Morgan fingerprint density at radius 3 is 2.77 bits per heavy atom. The van der Waals surface area contributed by atoms with Crippen LogP contribution in [0.3, 0.4) is 0 Å². The fourth-order valence-electron chi connectivity index (χ4n) is 3.18. The first kappa shape index (κ1) is 16.9. The molecular weight excluding hydrogens is 350 g/mol. The van der Waals surface area contributed by atoms with Crippen molar-refractivity contribution in [1.82, 2.24) is 24.6 Å². The number of nitrogens with zero attached hydrogens (tertiary/aromatic N) is 5. The van der Waals surface area contributed by atoms with Gasteiger partial charge in [0.15, 0.2) is 0 Å². The van der Waals surface area contributed by atoms with Crippen molar-refractivity contribution in [3.8, 4) is 10.6 Å². The Kier molecular flexibility index (Phi) is 4.29. The summed E-state index contributed by atoms with van der Waals surface area (Å²) in [6, 6.07) is 7.64. The molecule has 0 amide bonds. The topological polar surface area (TPSA) is 84.1 Å². The van der Waals surface area contributed by atoms with Crippen molar-refractivity contribution in [3.05, 3.63) is 52.6 Å². The average Bonchev–Trinajstić information content (AvgIpc) is 3.22. The second kappa shape index (κ2) is 6.62. The van der Waals surface area contributed by atoms with Gasteiger partial charge in [-0.15, -0.1) is 21.5 Å². The number of fused-ring (bicyclic) bond motifs is 1. The molecule has 0 fully saturated rings. The fourth-order valence-corrected chi connectivity index (χ4v) is 3.99. The summed E-state index contributed by atoms with van der Waals surface area (Å²) in [5.41, 5.74) is 3.17. The first-order valence-electron chi connectivity index (χ1n) is 8.38. The Bertz CT molecular complexity index is 947. The zero-order valence-electron chi connectivity index (χ0n) is 14.6. The predicted octanol–water partition coefficient (Wildman–Crippen LogP) is 2.49. The first-order chi connectivity index (χ1) is 12.5. The Labute approximate surface area is 154 Å². The molecule has 1 aliphatic heterocycles. The second-order valence-electron chi connectivity index (χ2n) is 6.54. The Balaban J connectivity index is 1.56. The molecule has 1 N–H and O–H groups in total. The molecule has 1 aromatic carbocycles. The number of aryl methyl sites for hydroxylation is 2. The predicted molar refractivity (Wildman–Crippen MR) is 97.7 cm³/mol. The van der Waals surface area contributed by atoms with Gasteiger partial charge in [-0.2, -0.15) is 0 Å². The Hall–Kier alpha value is -2.58. The van der Waals surface area contributed by atoms with Crippen molar-refractivity contribution >= 4 is 17.3 Å². The third-order valence-electron chi connectivity index (χ3n) is 4.65. The molecule has 26 heavy (non-hydrogen) atoms. The lowest BCUT2D eigenvalue weighted by atomic mass is 10.1. The molecule has 0 bridgehead atoms. The molecule has 0 saturated heterocycles. The average molecular weight is 369 g/mol. The van der Waals surface area contributed by atoms with Gasteiger partial charge in [0.2, 0.25) is 0 Å². The van der Waals surface area contributed by atoms with E-state index in [0.29, 0.717) is 19.6 Å². The number of carboxylic acid groups (broad SMARTS) is 1. The summed E-state index contributed by atoms with van der Waals surface area (Å²) in [4.78, 5) is 18.3. The molecule has 0 aliphatic carbocycles. The van der Waals surface area contributed by atoms with Crippen molar-refractivity contribution in [1.29, 1.82) is 0 Å². The monoisotopic (exact) mass is 369 g/mol. The van der Waals surface area contributed by atoms with Gasteiger partial charge in [0, 0.05) is 17.5 Å². The molecule has 0 radical (unpaired) electrons. The number of benzene rings is 1. The van der Waals surface area contributed by atoms with Gasteiger partial charge < -0.3 is 9.67 Å². The molecule has 8 heteroatoms. The number of aliphatic carboxylic acids is 1. The van der Waals surface area contributed by atoms with Crippen molar-refractivity contribution in [2.45, 2.75) is 39.5 Å². The highest BCUT2D eigenvalue weighted by Gasteiger charge is 2.33. The van der Waals surface area contributed by atoms with E-state index in [4.69, 9.17) is 4.98 Å². The smallest absolute Gasteiger partial charge is 0.322 e. The Morgan fingerprint density at radius 1 is 1.27 bits per heavy atom. The molecule has 1 aliphatic rings. The van der Waals surface area contributed by atoms with Gasteiger partial charge in [-0.05, 0) is 13.8 Å². The highest BCUT2D eigenvalue weighted by molar-refractivity contribution is 7.13. The van der Waals surface area contributed by atoms with E-state index < -0.39 is 12.0 Å². The zero-order valence-corrected chi connectivity index (χ0v) is 15.4. The van der Waals surface area contributed by atoms with E-state index in [9.17, 15) is 9.90 Å². The van der Waals surface area contributed by atoms with Crippen LogP contribution in [-0.4, -0.2) is 41.8 Å². The van der Waals surface area contributed by atoms with Crippen LogP contribution in [0.2, 0.25) is 0 Å². The second-order valence-corrected chi connectivity index (χ2v) is 7.40. The molecule has 0 saturated carbocycles. The molecule has 7 nitrogen and oxygen atoms in total. The zero-order chi connectivity index (χ0) is 18.3. The fraction of sp³-hybridized carbons (Fsp3) is 0.333. The van der Waals surface area contributed by atoms with E-state index in [1.807, 2.05) is 21.8 Å². The van der Waals surface area contributed by atoms with Crippen LogP contribution in [-0.2, 0) is 24.4 Å². The highest BCUT2D eigenvalue weighted by Crippen LogP contribution is 2.26. The summed E-state index contributed by atoms with van der Waals surface area (Å²) in [7, 11) is 0. The van der Waals surface area contributed by atoms with Crippen LogP contribution in [0.1, 0.15) is 22.9 Å². The number of hydrogen-bond donors (Lipinski definition) is 1. The van der Waals surface area contributed by atoms with Gasteiger partial charge in [0.25, 0.3) is 0 Å². The van der Waals surface area contributed by atoms with Gasteiger partial charge in [0.05, 0.1) is 18.8 Å². The van der Waals surface area contributed by atoms with E-state index in [1.165, 1.54) is 5.56 Å². The normalized spacial score (nSPS) is 17.2. The van der Waals surface area contributed by atoms with Crippen molar-refractivity contribution in [2.75, 3.05) is 0 Å². The lowest BCUT2D eigenvalue weighted by Crippen LogP contribution is -2.47. The molecule has 134 valence electrons. The van der Waals surface area contributed by atoms with E-state index in [-0.39, 0.29) is 0 Å². The van der Waals surface area contributed by atoms with Gasteiger partial charge in [-0.1, -0.05) is 29.8 Å².